The van der Waals surface area contributed by atoms with Gasteiger partial charge in [0, 0.05) is 21.7 Å². The highest BCUT2D eigenvalue weighted by Gasteiger charge is 2.26. The maximum atomic E-state index is 12.4. The van der Waals surface area contributed by atoms with E-state index in [-0.39, 0.29) is 5.91 Å². The predicted molar refractivity (Wildman–Crippen MR) is 103 cm³/mol. The summed E-state index contributed by atoms with van der Waals surface area (Å²) in [5.74, 6) is -0.207. The van der Waals surface area contributed by atoms with E-state index in [0.717, 1.165) is 16.1 Å². The van der Waals surface area contributed by atoms with Gasteiger partial charge in [0.15, 0.2) is 5.13 Å². The molecule has 1 aliphatic carbocycles. The number of carbonyl (C=O) groups is 1. The van der Waals surface area contributed by atoms with Crippen molar-refractivity contribution in [2.24, 2.45) is 0 Å². The van der Waals surface area contributed by atoms with E-state index in [1.165, 1.54) is 27.7 Å². The van der Waals surface area contributed by atoms with Crippen molar-refractivity contribution in [1.82, 2.24) is 4.98 Å². The fraction of sp³-hybridized carbons (Fsp3) is 0. The number of aromatic nitrogens is 1. The number of rotatable bonds is 2. The second-order valence-corrected chi connectivity index (χ2v) is 7.31. The van der Waals surface area contributed by atoms with E-state index in [1.807, 2.05) is 6.07 Å². The first-order valence-electron chi connectivity index (χ1n) is 7.81. The number of hydrogen-bond acceptors (Lipinski definition) is 3. The van der Waals surface area contributed by atoms with Crippen LogP contribution < -0.4 is 5.32 Å². The summed E-state index contributed by atoms with van der Waals surface area (Å²) in [4.78, 5) is 18.2. The Morgan fingerprint density at radius 3 is 2.56 bits per heavy atom. The van der Waals surface area contributed by atoms with Crippen molar-refractivity contribution in [2.45, 2.75) is 0 Å². The van der Waals surface area contributed by atoms with Crippen LogP contribution in [0.25, 0.3) is 32.5 Å². The van der Waals surface area contributed by atoms with E-state index in [4.69, 9.17) is 11.6 Å². The fourth-order valence-electron chi connectivity index (χ4n) is 3.27. The van der Waals surface area contributed by atoms with Gasteiger partial charge in [0.05, 0.1) is 10.6 Å². The molecule has 0 aliphatic heterocycles. The third kappa shape index (κ3) is 2.26. The Bertz CT molecular complexity index is 1110. The number of halogens is 1. The number of hydrogen-bond donors (Lipinski definition) is 1. The smallest absolute Gasteiger partial charge is 0.257 e. The van der Waals surface area contributed by atoms with E-state index in [2.05, 4.69) is 40.6 Å². The quantitative estimate of drug-likeness (QED) is 0.428. The molecule has 0 saturated carbocycles. The molecule has 1 aliphatic rings. The number of nitrogens with zero attached hydrogens (tertiary/aromatic N) is 1. The van der Waals surface area contributed by atoms with Gasteiger partial charge in [-0.1, -0.05) is 65.4 Å². The molecule has 120 valence electrons. The lowest BCUT2D eigenvalue weighted by Crippen LogP contribution is -2.11. The number of carbonyl (C=O) groups excluding carboxylic acids is 1. The summed E-state index contributed by atoms with van der Waals surface area (Å²) >= 11 is 7.46. The molecule has 0 fully saturated rings. The van der Waals surface area contributed by atoms with Gasteiger partial charge in [-0.2, -0.15) is 0 Å². The van der Waals surface area contributed by atoms with Crippen LogP contribution in [0.1, 0.15) is 10.4 Å². The normalized spacial score (nSPS) is 11.6. The molecule has 5 heteroatoms. The van der Waals surface area contributed by atoms with Crippen LogP contribution in [0.5, 0.6) is 0 Å². The van der Waals surface area contributed by atoms with Crippen LogP contribution in [0, 0.1) is 0 Å². The molecule has 3 nitrogen and oxygen atoms in total. The van der Waals surface area contributed by atoms with Gasteiger partial charge in [0.2, 0.25) is 0 Å². The molecule has 25 heavy (non-hydrogen) atoms. The second kappa shape index (κ2) is 5.41. The molecule has 0 atom stereocenters. The van der Waals surface area contributed by atoms with Crippen molar-refractivity contribution in [3.05, 3.63) is 71.2 Å². The Balaban J connectivity index is 1.54. The fourth-order valence-corrected chi connectivity index (χ4v) is 4.46. The van der Waals surface area contributed by atoms with Crippen molar-refractivity contribution >= 4 is 44.7 Å². The summed E-state index contributed by atoms with van der Waals surface area (Å²) in [5, 5.41) is 6.48. The minimum atomic E-state index is -0.207. The van der Waals surface area contributed by atoms with Crippen molar-refractivity contribution < 1.29 is 4.79 Å². The first-order valence-corrected chi connectivity index (χ1v) is 9.00. The maximum absolute atomic E-state index is 12.4. The van der Waals surface area contributed by atoms with Crippen molar-refractivity contribution in [1.29, 1.82) is 0 Å². The van der Waals surface area contributed by atoms with E-state index in [1.54, 1.807) is 24.3 Å². The van der Waals surface area contributed by atoms with Gasteiger partial charge in [-0.25, -0.2) is 4.98 Å². The topological polar surface area (TPSA) is 42.0 Å². The highest BCUT2D eigenvalue weighted by atomic mass is 35.5. The molecule has 0 unspecified atom stereocenters. The largest absolute Gasteiger partial charge is 0.298 e. The molecule has 1 N–H and O–H groups in total. The highest BCUT2D eigenvalue weighted by molar-refractivity contribution is 7.20. The van der Waals surface area contributed by atoms with Crippen LogP contribution in [0.3, 0.4) is 0 Å². The first kappa shape index (κ1) is 14.6. The van der Waals surface area contributed by atoms with Crippen molar-refractivity contribution in [3.63, 3.8) is 0 Å². The summed E-state index contributed by atoms with van der Waals surface area (Å²) in [6.45, 7) is 0. The average Bonchev–Trinajstić information content (AvgIpc) is 3.15. The maximum Gasteiger partial charge on any atom is 0.257 e. The molecule has 0 radical (unpaired) electrons. The van der Waals surface area contributed by atoms with E-state index < -0.39 is 0 Å². The predicted octanol–water partition coefficient (Wildman–Crippen LogP) is 5.85. The van der Waals surface area contributed by atoms with E-state index >= 15 is 0 Å². The summed E-state index contributed by atoms with van der Waals surface area (Å²) in [6.07, 6.45) is 0. The third-order valence-corrected chi connectivity index (χ3v) is 5.58. The van der Waals surface area contributed by atoms with Crippen LogP contribution in [0.4, 0.5) is 5.13 Å². The molecule has 0 saturated heterocycles. The van der Waals surface area contributed by atoms with Gasteiger partial charge in [-0.15, -0.1) is 0 Å². The van der Waals surface area contributed by atoms with E-state index in [0.29, 0.717) is 15.7 Å². The molecule has 4 aromatic rings. The zero-order chi connectivity index (χ0) is 17.0. The Labute approximate surface area is 152 Å². The van der Waals surface area contributed by atoms with Gasteiger partial charge >= 0.3 is 0 Å². The number of fused-ring (bicyclic) bond motifs is 3. The van der Waals surface area contributed by atoms with Crippen LogP contribution in [-0.4, -0.2) is 10.9 Å². The average molecular weight is 363 g/mol. The van der Waals surface area contributed by atoms with E-state index in [9.17, 15) is 4.79 Å². The minimum Gasteiger partial charge on any atom is -0.298 e. The van der Waals surface area contributed by atoms with Crippen LogP contribution >= 0.6 is 22.9 Å². The standard InChI is InChI=1S/C20H11ClN2OS/c21-13-7-1-6-12(10-13)19(24)23-20-22-17-14-8-2-4-11-5-3-9-15(16(11)14)18(17)25-20/h1-10H,(H,22,23,24). The van der Waals surface area contributed by atoms with Gasteiger partial charge in [-0.05, 0) is 29.0 Å². The zero-order valence-corrected chi connectivity index (χ0v) is 14.5. The monoisotopic (exact) mass is 362 g/mol. The Kier molecular flexibility index (Phi) is 3.17. The Morgan fingerprint density at radius 2 is 1.76 bits per heavy atom. The third-order valence-electron chi connectivity index (χ3n) is 4.34. The summed E-state index contributed by atoms with van der Waals surface area (Å²) in [7, 11) is 0. The van der Waals surface area contributed by atoms with Crippen LogP contribution in [0.15, 0.2) is 60.7 Å². The molecule has 1 heterocycles. The number of thiazole rings is 1. The Morgan fingerprint density at radius 1 is 1.00 bits per heavy atom. The zero-order valence-electron chi connectivity index (χ0n) is 12.9. The SMILES string of the molecule is O=C(Nc1nc2c(s1)-c1cccc3cccc-2c13)c1cccc(Cl)c1. The number of benzene rings is 3. The molecule has 3 aromatic carbocycles. The molecule has 1 aromatic heterocycles. The second-order valence-electron chi connectivity index (χ2n) is 5.87. The van der Waals surface area contributed by atoms with Gasteiger partial charge < -0.3 is 0 Å². The Hall–Kier alpha value is -2.69. The minimum absolute atomic E-state index is 0.207. The summed E-state index contributed by atoms with van der Waals surface area (Å²) in [6, 6.07) is 19.4. The molecule has 5 rings (SSSR count). The van der Waals surface area contributed by atoms with Gasteiger partial charge in [0.25, 0.3) is 5.91 Å². The summed E-state index contributed by atoms with van der Waals surface area (Å²) in [5.41, 5.74) is 3.77. The number of amides is 1. The van der Waals surface area contributed by atoms with Crippen LogP contribution in [0.2, 0.25) is 5.02 Å². The lowest BCUT2D eigenvalue weighted by Gasteiger charge is -2.04. The number of nitrogens with one attached hydrogen (secondary N) is 1. The number of anilines is 1. The highest BCUT2D eigenvalue weighted by Crippen LogP contribution is 2.50. The van der Waals surface area contributed by atoms with Gasteiger partial charge in [0.1, 0.15) is 0 Å². The van der Waals surface area contributed by atoms with Crippen molar-refractivity contribution in [3.8, 4) is 21.7 Å². The molecular formula is C20H11ClN2OS. The lowest BCUT2D eigenvalue weighted by atomic mass is 10.0. The van der Waals surface area contributed by atoms with Gasteiger partial charge in [-0.3, -0.25) is 10.1 Å². The van der Waals surface area contributed by atoms with Crippen LogP contribution in [-0.2, 0) is 0 Å². The molecule has 0 spiro atoms. The van der Waals surface area contributed by atoms with Crippen molar-refractivity contribution in [2.75, 3.05) is 5.32 Å². The molecule has 1 amide bonds. The molecule has 0 bridgehead atoms. The summed E-state index contributed by atoms with van der Waals surface area (Å²) < 4.78 is 0. The molecular weight excluding hydrogens is 352 g/mol. The first-order chi connectivity index (χ1) is 12.2. The lowest BCUT2D eigenvalue weighted by molar-refractivity contribution is 0.102.